The van der Waals surface area contributed by atoms with Crippen molar-refractivity contribution in [1.29, 1.82) is 5.26 Å². The lowest BCUT2D eigenvalue weighted by Crippen LogP contribution is -2.37. The monoisotopic (exact) mass is 301 g/mol. The fourth-order valence-electron chi connectivity index (χ4n) is 1.30. The van der Waals surface area contributed by atoms with E-state index < -0.39 is 15.9 Å². The zero-order valence-corrected chi connectivity index (χ0v) is 11.9. The Balaban J connectivity index is 3.20. The molecule has 0 spiro atoms. The third kappa shape index (κ3) is 3.44. The van der Waals surface area contributed by atoms with Crippen LogP contribution in [-0.4, -0.2) is 39.3 Å². The molecule has 8 heteroatoms. The molecule has 6 nitrogen and oxygen atoms in total. The number of nitriles is 1. The van der Waals surface area contributed by atoms with E-state index in [0.29, 0.717) is 0 Å². The maximum absolute atomic E-state index is 12.2. The van der Waals surface area contributed by atoms with E-state index in [9.17, 15) is 13.2 Å². The average Bonchev–Trinajstić information content (AvgIpc) is 2.38. The highest BCUT2D eigenvalue weighted by Gasteiger charge is 2.25. The van der Waals surface area contributed by atoms with Crippen molar-refractivity contribution >= 4 is 27.5 Å². The van der Waals surface area contributed by atoms with Crippen LogP contribution in [-0.2, 0) is 14.8 Å². The van der Waals surface area contributed by atoms with Gasteiger partial charge in [0.25, 0.3) is 0 Å². The summed E-state index contributed by atoms with van der Waals surface area (Å²) in [5, 5.41) is 11.1. The Labute approximate surface area is 116 Å². The standard InChI is InChI=1S/C11H12ClN3O3S/c1-14-11(16)7-15(2)19(17,18)10-5-8(6-13)3-4-9(10)12/h3-5H,7H2,1-2H3,(H,14,16). The molecule has 0 aliphatic rings. The molecule has 0 aliphatic heterocycles. The van der Waals surface area contributed by atoms with Crippen LogP contribution in [0, 0.1) is 11.3 Å². The van der Waals surface area contributed by atoms with Crippen molar-refractivity contribution < 1.29 is 13.2 Å². The number of hydrogen-bond acceptors (Lipinski definition) is 4. The summed E-state index contributed by atoms with van der Waals surface area (Å²) in [5.74, 6) is -0.446. The smallest absolute Gasteiger partial charge is 0.244 e. The fraction of sp³-hybridized carbons (Fsp3) is 0.273. The maximum atomic E-state index is 12.2. The van der Waals surface area contributed by atoms with Crippen LogP contribution in [0.25, 0.3) is 0 Å². The third-order valence-electron chi connectivity index (χ3n) is 2.39. The molecule has 0 atom stereocenters. The van der Waals surface area contributed by atoms with E-state index in [4.69, 9.17) is 16.9 Å². The topological polar surface area (TPSA) is 90.3 Å². The van der Waals surface area contributed by atoms with Crippen molar-refractivity contribution in [1.82, 2.24) is 9.62 Å². The summed E-state index contributed by atoms with van der Waals surface area (Å²) >= 11 is 5.84. The van der Waals surface area contributed by atoms with Gasteiger partial charge in [-0.05, 0) is 18.2 Å². The van der Waals surface area contributed by atoms with Gasteiger partial charge in [-0.1, -0.05) is 11.6 Å². The Bertz CT molecular complexity index is 637. The van der Waals surface area contributed by atoms with Gasteiger partial charge in [-0.15, -0.1) is 0 Å². The molecule has 1 N–H and O–H groups in total. The second-order valence-electron chi connectivity index (χ2n) is 3.69. The van der Waals surface area contributed by atoms with Crippen molar-refractivity contribution in [3.05, 3.63) is 28.8 Å². The minimum absolute atomic E-state index is 0.00255. The molecule has 0 aromatic heterocycles. The number of hydrogen-bond donors (Lipinski definition) is 1. The van der Waals surface area contributed by atoms with Gasteiger partial charge in [-0.3, -0.25) is 4.79 Å². The molecular weight excluding hydrogens is 290 g/mol. The fourth-order valence-corrected chi connectivity index (χ4v) is 2.93. The van der Waals surface area contributed by atoms with Crippen LogP contribution in [0.1, 0.15) is 5.56 Å². The van der Waals surface area contributed by atoms with E-state index in [1.54, 1.807) is 0 Å². The van der Waals surface area contributed by atoms with Crippen LogP contribution >= 0.6 is 11.6 Å². The Morgan fingerprint density at radius 1 is 1.53 bits per heavy atom. The normalized spacial score (nSPS) is 11.1. The van der Waals surface area contributed by atoms with Gasteiger partial charge in [0.2, 0.25) is 15.9 Å². The first kappa shape index (κ1) is 15.4. The van der Waals surface area contributed by atoms with E-state index in [1.165, 1.54) is 32.3 Å². The SMILES string of the molecule is CNC(=O)CN(C)S(=O)(=O)c1cc(C#N)ccc1Cl. The van der Waals surface area contributed by atoms with E-state index in [-0.39, 0.29) is 22.0 Å². The van der Waals surface area contributed by atoms with Crippen LogP contribution in [0.15, 0.2) is 23.1 Å². The minimum atomic E-state index is -3.92. The predicted molar refractivity (Wildman–Crippen MR) is 70.0 cm³/mol. The molecule has 1 aromatic carbocycles. The number of sulfonamides is 1. The van der Waals surface area contributed by atoms with Crippen LogP contribution in [0.2, 0.25) is 5.02 Å². The van der Waals surface area contributed by atoms with Gasteiger partial charge < -0.3 is 5.32 Å². The highest BCUT2D eigenvalue weighted by Crippen LogP contribution is 2.24. The molecule has 19 heavy (non-hydrogen) atoms. The summed E-state index contributed by atoms with van der Waals surface area (Å²) in [4.78, 5) is 11.0. The summed E-state index contributed by atoms with van der Waals surface area (Å²) in [7, 11) is -1.25. The summed E-state index contributed by atoms with van der Waals surface area (Å²) in [6.45, 7) is -0.327. The van der Waals surface area contributed by atoms with Crippen molar-refractivity contribution in [3.8, 4) is 6.07 Å². The lowest BCUT2D eigenvalue weighted by atomic mass is 10.2. The molecule has 0 unspecified atom stereocenters. The van der Waals surface area contributed by atoms with Gasteiger partial charge in [0, 0.05) is 14.1 Å². The third-order valence-corrected chi connectivity index (χ3v) is 4.68. The Hall–Kier alpha value is -1.62. The molecule has 0 heterocycles. The number of halogens is 1. The van der Waals surface area contributed by atoms with Gasteiger partial charge in [-0.2, -0.15) is 9.57 Å². The van der Waals surface area contributed by atoms with Gasteiger partial charge in [-0.25, -0.2) is 8.42 Å². The first-order valence-electron chi connectivity index (χ1n) is 5.19. The van der Waals surface area contributed by atoms with E-state index in [2.05, 4.69) is 5.32 Å². The van der Waals surface area contributed by atoms with Crippen molar-refractivity contribution in [2.45, 2.75) is 4.90 Å². The van der Waals surface area contributed by atoms with E-state index >= 15 is 0 Å². The highest BCUT2D eigenvalue weighted by atomic mass is 35.5. The second-order valence-corrected chi connectivity index (χ2v) is 6.11. The predicted octanol–water partition coefficient (Wildman–Crippen LogP) is 0.578. The van der Waals surface area contributed by atoms with E-state index in [1.807, 2.05) is 6.07 Å². The molecule has 102 valence electrons. The average molecular weight is 302 g/mol. The zero-order valence-electron chi connectivity index (χ0n) is 10.3. The summed E-state index contributed by atoms with van der Waals surface area (Å²) < 4.78 is 25.3. The number of carbonyl (C=O) groups excluding carboxylic acids is 1. The number of carbonyl (C=O) groups is 1. The molecule has 0 aliphatic carbocycles. The Kier molecular flexibility index (Phi) is 4.89. The molecule has 1 aromatic rings. The first-order valence-corrected chi connectivity index (χ1v) is 7.01. The zero-order chi connectivity index (χ0) is 14.6. The summed E-state index contributed by atoms with van der Waals surface area (Å²) in [6.07, 6.45) is 0. The van der Waals surface area contributed by atoms with Crippen molar-refractivity contribution in [2.75, 3.05) is 20.6 Å². The number of likely N-dealkylation sites (N-methyl/N-ethyl adjacent to an activating group) is 2. The van der Waals surface area contributed by atoms with E-state index in [0.717, 1.165) is 4.31 Å². The molecular formula is C11H12ClN3O3S. The number of benzene rings is 1. The largest absolute Gasteiger partial charge is 0.358 e. The molecule has 1 rings (SSSR count). The minimum Gasteiger partial charge on any atom is -0.358 e. The molecule has 0 radical (unpaired) electrons. The van der Waals surface area contributed by atoms with Gasteiger partial charge in [0.05, 0.1) is 23.2 Å². The maximum Gasteiger partial charge on any atom is 0.244 e. The molecule has 1 amide bonds. The number of nitrogens with one attached hydrogen (secondary N) is 1. The van der Waals surface area contributed by atoms with Crippen molar-refractivity contribution in [2.24, 2.45) is 0 Å². The highest BCUT2D eigenvalue weighted by molar-refractivity contribution is 7.89. The van der Waals surface area contributed by atoms with Crippen molar-refractivity contribution in [3.63, 3.8) is 0 Å². The second kappa shape index (κ2) is 6.02. The van der Waals surface area contributed by atoms with Gasteiger partial charge in [0.1, 0.15) is 4.90 Å². The molecule has 0 saturated heterocycles. The number of nitrogens with zero attached hydrogens (tertiary/aromatic N) is 2. The van der Waals surface area contributed by atoms with Crippen LogP contribution in [0.4, 0.5) is 0 Å². The molecule has 0 bridgehead atoms. The van der Waals surface area contributed by atoms with Gasteiger partial charge >= 0.3 is 0 Å². The quantitative estimate of drug-likeness (QED) is 0.880. The van der Waals surface area contributed by atoms with Crippen LogP contribution in [0.3, 0.4) is 0 Å². The first-order chi connectivity index (χ1) is 8.82. The number of amides is 1. The van der Waals surface area contributed by atoms with Crippen LogP contribution in [0.5, 0.6) is 0 Å². The Morgan fingerprint density at radius 3 is 2.68 bits per heavy atom. The van der Waals surface area contributed by atoms with Crippen LogP contribution < -0.4 is 5.32 Å². The molecule has 0 fully saturated rings. The summed E-state index contributed by atoms with van der Waals surface area (Å²) in [6, 6.07) is 5.77. The number of rotatable bonds is 4. The summed E-state index contributed by atoms with van der Waals surface area (Å²) in [5.41, 5.74) is 0.177. The lowest BCUT2D eigenvalue weighted by molar-refractivity contribution is -0.120. The van der Waals surface area contributed by atoms with Gasteiger partial charge in [0.15, 0.2) is 0 Å². The Morgan fingerprint density at radius 2 is 2.16 bits per heavy atom. The molecule has 0 saturated carbocycles. The lowest BCUT2D eigenvalue weighted by Gasteiger charge is -2.17.